The van der Waals surface area contributed by atoms with Gasteiger partial charge in [0, 0.05) is 46.9 Å². The first-order valence-corrected chi connectivity index (χ1v) is 16.4. The lowest BCUT2D eigenvalue weighted by atomic mass is 9.48. The standard InChI is InChI=1S/C30H33B3F2N6O4S/c1-28(2,3)46(43)39-29(13-44-14-29)26-36-11-16(12-37-26)15-7-8-18-19(9-15)40-20-10-21(24(40)38-18)41(30(31,32)33)25(42)17-5-4-6-22(23(17)20)45-27(34)35/h4-9,11-12,20-21,27,39H,10,13-14,31-33H2,1-3H3/t20-,21-,46?/m1/s1. The lowest BCUT2D eigenvalue weighted by molar-refractivity contribution is -0.0711. The van der Waals surface area contributed by atoms with Gasteiger partial charge in [0.1, 0.15) is 39.9 Å². The van der Waals surface area contributed by atoms with E-state index in [0.717, 1.165) is 22.2 Å². The Balaban J connectivity index is 1.31. The highest BCUT2D eigenvalue weighted by Crippen LogP contribution is 2.51. The van der Waals surface area contributed by atoms with E-state index in [1.54, 1.807) is 24.5 Å². The summed E-state index contributed by atoms with van der Waals surface area (Å²) in [5.74, 6) is 0.965. The number of amides is 1. The molecule has 3 atom stereocenters. The SMILES string of the molecule is BC(B)(B)N1C(=O)c2cccc(OC(F)F)c2[C@H]2C[C@@H]1c1nc3ccc(-c4cnc(C5(N[S+]([O-])C(C)(C)C)COC5)nc4)cc3n12. The topological polar surface area (TPSA) is 117 Å². The van der Waals surface area contributed by atoms with Crippen molar-refractivity contribution in [3.63, 3.8) is 0 Å². The van der Waals surface area contributed by atoms with Crippen LogP contribution in [0.4, 0.5) is 8.78 Å². The van der Waals surface area contributed by atoms with Crippen LogP contribution in [0.15, 0.2) is 48.8 Å². The monoisotopic (exact) mass is 644 g/mol. The fraction of sp³-hybridized carbons (Fsp3) is 0.400. The predicted molar refractivity (Wildman–Crippen MR) is 177 cm³/mol. The molecule has 0 aliphatic carbocycles. The second-order valence-corrected chi connectivity index (χ2v) is 16.1. The molecular weight excluding hydrogens is 611 g/mol. The maximum Gasteiger partial charge on any atom is 0.387 e. The Hall–Kier alpha value is -3.46. The number of carbonyl (C=O) groups is 1. The molecule has 0 spiro atoms. The first-order valence-electron chi connectivity index (χ1n) is 15.2. The molecule has 1 fully saturated rings. The Morgan fingerprint density at radius 2 is 1.83 bits per heavy atom. The zero-order valence-corrected chi connectivity index (χ0v) is 27.3. The van der Waals surface area contributed by atoms with Crippen molar-refractivity contribution in [3.8, 4) is 16.9 Å². The molecule has 1 amide bonds. The number of rotatable bonds is 7. The van der Waals surface area contributed by atoms with Crippen molar-refractivity contribution in [2.75, 3.05) is 13.2 Å². The molecule has 10 nitrogen and oxygen atoms in total. The Labute approximate surface area is 271 Å². The van der Waals surface area contributed by atoms with Crippen LogP contribution in [0.1, 0.15) is 66.8 Å². The third-order valence-electron chi connectivity index (χ3n) is 8.83. The van der Waals surface area contributed by atoms with E-state index < -0.39 is 39.5 Å². The van der Waals surface area contributed by atoms with Gasteiger partial charge < -0.3 is 23.5 Å². The van der Waals surface area contributed by atoms with Crippen molar-refractivity contribution in [1.29, 1.82) is 0 Å². The smallest absolute Gasteiger partial charge is 0.387 e. The summed E-state index contributed by atoms with van der Waals surface area (Å²) < 4.78 is 55.3. The number of nitrogens with one attached hydrogen (secondary N) is 1. The van der Waals surface area contributed by atoms with Gasteiger partial charge in [0.15, 0.2) is 11.4 Å². The first kappa shape index (κ1) is 31.2. The number of nitrogens with zero attached hydrogens (tertiary/aromatic N) is 5. The second-order valence-electron chi connectivity index (χ2n) is 14.1. The predicted octanol–water partition coefficient (Wildman–Crippen LogP) is 1.37. The molecule has 2 aromatic heterocycles. The van der Waals surface area contributed by atoms with Gasteiger partial charge in [-0.2, -0.15) is 8.78 Å². The van der Waals surface area contributed by atoms with Gasteiger partial charge in [0.2, 0.25) is 0 Å². The van der Waals surface area contributed by atoms with Gasteiger partial charge in [-0.3, -0.25) is 4.79 Å². The van der Waals surface area contributed by atoms with Gasteiger partial charge in [-0.15, -0.1) is 4.72 Å². The molecule has 0 saturated carbocycles. The maximum absolute atomic E-state index is 14.0. The summed E-state index contributed by atoms with van der Waals surface area (Å²) in [7, 11) is 5.90. The van der Waals surface area contributed by atoms with Crippen LogP contribution in [0.2, 0.25) is 0 Å². The Bertz CT molecular complexity index is 1850. The zero-order chi connectivity index (χ0) is 32.8. The number of carbonyl (C=O) groups excluding carboxylic acids is 1. The fourth-order valence-electron chi connectivity index (χ4n) is 6.65. The van der Waals surface area contributed by atoms with Crippen molar-refractivity contribution in [2.24, 2.45) is 0 Å². The maximum atomic E-state index is 14.0. The van der Waals surface area contributed by atoms with Crippen LogP contribution < -0.4 is 9.46 Å². The summed E-state index contributed by atoms with van der Waals surface area (Å²) in [5, 5.41) is -0.567. The molecular formula is C30H33B3F2N6O4S. The molecule has 7 rings (SSSR count). The quantitative estimate of drug-likeness (QED) is 0.237. The van der Waals surface area contributed by atoms with Crippen molar-refractivity contribution >= 4 is 51.8 Å². The summed E-state index contributed by atoms with van der Waals surface area (Å²) in [6.07, 6.45) is 3.95. The van der Waals surface area contributed by atoms with Gasteiger partial charge in [-0.25, -0.2) is 15.0 Å². The van der Waals surface area contributed by atoms with Crippen molar-refractivity contribution < 1.29 is 27.6 Å². The number of alkyl halides is 2. The Morgan fingerprint density at radius 1 is 1.11 bits per heavy atom. The fourth-order valence-corrected chi connectivity index (χ4v) is 7.53. The number of ether oxygens (including phenoxy) is 2. The number of imidazole rings is 1. The number of fused-ring (bicyclic) bond motifs is 9. The first-order chi connectivity index (χ1) is 21.7. The van der Waals surface area contributed by atoms with Crippen molar-refractivity contribution in [1.82, 2.24) is 29.1 Å². The van der Waals surface area contributed by atoms with E-state index in [4.69, 9.17) is 14.5 Å². The minimum absolute atomic E-state index is 0.00916. The minimum atomic E-state index is -3.04. The molecule has 2 bridgehead atoms. The van der Waals surface area contributed by atoms with E-state index in [0.29, 0.717) is 42.4 Å². The van der Waals surface area contributed by atoms with E-state index >= 15 is 0 Å². The van der Waals surface area contributed by atoms with Crippen LogP contribution >= 0.6 is 0 Å². The van der Waals surface area contributed by atoms with Crippen LogP contribution in [-0.4, -0.2) is 88.2 Å². The molecule has 2 aromatic carbocycles. The molecule has 4 aromatic rings. The van der Waals surface area contributed by atoms with Gasteiger partial charge in [0.05, 0.1) is 36.3 Å². The minimum Gasteiger partial charge on any atom is -0.598 e. The van der Waals surface area contributed by atoms with E-state index in [9.17, 15) is 18.1 Å². The summed E-state index contributed by atoms with van der Waals surface area (Å²) in [4.78, 5) is 30.1. The molecule has 5 heterocycles. The molecule has 16 heteroatoms. The second kappa shape index (κ2) is 10.8. The van der Waals surface area contributed by atoms with Gasteiger partial charge in [-0.05, 0) is 55.8 Å². The van der Waals surface area contributed by atoms with E-state index in [1.165, 1.54) is 6.07 Å². The molecule has 3 aliphatic rings. The van der Waals surface area contributed by atoms with E-state index in [1.807, 2.05) is 67.4 Å². The Kier molecular flexibility index (Phi) is 7.31. The lowest BCUT2D eigenvalue weighted by Crippen LogP contribution is -2.62. The molecule has 3 aliphatic heterocycles. The number of aromatic nitrogens is 4. The number of hydrogen-bond acceptors (Lipinski definition) is 8. The highest BCUT2D eigenvalue weighted by atomic mass is 32.2. The molecule has 1 saturated heterocycles. The van der Waals surface area contributed by atoms with Gasteiger partial charge in [-0.1, -0.05) is 12.1 Å². The number of hydrogen-bond donors (Lipinski definition) is 1. The third-order valence-corrected chi connectivity index (χ3v) is 10.5. The average molecular weight is 644 g/mol. The molecule has 236 valence electrons. The summed E-state index contributed by atoms with van der Waals surface area (Å²) >= 11 is -1.34. The van der Waals surface area contributed by atoms with Crippen LogP contribution in [0, 0.1) is 0 Å². The van der Waals surface area contributed by atoms with E-state index in [2.05, 4.69) is 19.3 Å². The van der Waals surface area contributed by atoms with Gasteiger partial charge in [0.25, 0.3) is 5.91 Å². The lowest BCUT2D eigenvalue weighted by Gasteiger charge is -2.41. The molecule has 1 N–H and O–H groups in total. The summed E-state index contributed by atoms with van der Waals surface area (Å²) in [5.41, 5.74) is 3.19. The van der Waals surface area contributed by atoms with E-state index in [-0.39, 0.29) is 17.7 Å². The van der Waals surface area contributed by atoms with Crippen molar-refractivity contribution in [3.05, 3.63) is 71.6 Å². The third kappa shape index (κ3) is 5.01. The Morgan fingerprint density at radius 3 is 2.43 bits per heavy atom. The zero-order valence-electron chi connectivity index (χ0n) is 26.5. The number of benzene rings is 2. The highest BCUT2D eigenvalue weighted by molar-refractivity contribution is 7.90. The van der Waals surface area contributed by atoms with Gasteiger partial charge >= 0.3 is 6.61 Å². The molecule has 1 unspecified atom stereocenters. The normalized spacial score (nSPS) is 21.1. The van der Waals surface area contributed by atoms with Crippen LogP contribution in [0.5, 0.6) is 5.75 Å². The highest BCUT2D eigenvalue weighted by Gasteiger charge is 2.50. The van der Waals surface area contributed by atoms with Crippen LogP contribution in [0.3, 0.4) is 0 Å². The molecule has 46 heavy (non-hydrogen) atoms. The average Bonchev–Trinajstić information content (AvgIpc) is 3.46. The molecule has 0 radical (unpaired) electrons. The van der Waals surface area contributed by atoms with Crippen LogP contribution in [-0.2, 0) is 21.6 Å². The van der Waals surface area contributed by atoms with Crippen molar-refractivity contribution in [2.45, 2.75) is 61.4 Å². The van der Waals surface area contributed by atoms with Crippen LogP contribution in [0.25, 0.3) is 22.2 Å². The number of halogens is 2. The summed E-state index contributed by atoms with van der Waals surface area (Å²) in [6, 6.07) is 9.79. The summed E-state index contributed by atoms with van der Waals surface area (Å²) in [6.45, 7) is 3.29. The largest absolute Gasteiger partial charge is 0.598 e.